The molecule has 0 heterocycles. The van der Waals surface area contributed by atoms with E-state index in [0.29, 0.717) is 18.9 Å². The number of alkyl halides is 3. The van der Waals surface area contributed by atoms with Crippen LogP contribution in [-0.4, -0.2) is 22.2 Å². The van der Waals surface area contributed by atoms with Crippen molar-refractivity contribution in [2.75, 3.05) is 11.9 Å². The first kappa shape index (κ1) is 14.6. The number of hydrogen-bond donors (Lipinski definition) is 2. The van der Waals surface area contributed by atoms with Crippen LogP contribution in [0, 0.1) is 10.1 Å². The predicted octanol–water partition coefficient (Wildman–Crippen LogP) is 2.94. The average Bonchev–Trinajstić information content (AvgIpc) is 2.32. The standard InChI is InChI=1S/C12H13F3N2O3/c13-12(14,15)9-6-8(17(19)20)2-3-10(9)16-7-11(18)4-1-5-11/h2-3,6,16,18H,1,4-5,7H2. The van der Waals surface area contributed by atoms with E-state index in [4.69, 9.17) is 0 Å². The largest absolute Gasteiger partial charge is 0.418 e. The number of non-ortho nitro benzene ring substituents is 1. The zero-order valence-electron chi connectivity index (χ0n) is 10.4. The number of rotatable bonds is 4. The SMILES string of the molecule is O=[N+]([O-])c1ccc(NCC2(O)CCC2)c(C(F)(F)F)c1. The summed E-state index contributed by atoms with van der Waals surface area (Å²) in [5.41, 5.74) is -2.96. The molecule has 0 amide bonds. The third-order valence-corrected chi connectivity index (χ3v) is 3.41. The fourth-order valence-electron chi connectivity index (χ4n) is 2.06. The first-order valence-corrected chi connectivity index (χ1v) is 6.03. The molecule has 0 saturated heterocycles. The van der Waals surface area contributed by atoms with E-state index in [0.717, 1.165) is 18.6 Å². The van der Waals surface area contributed by atoms with Crippen LogP contribution in [0.3, 0.4) is 0 Å². The maximum atomic E-state index is 12.9. The number of anilines is 1. The fraction of sp³-hybridized carbons (Fsp3) is 0.500. The third kappa shape index (κ3) is 3.01. The Hall–Kier alpha value is -1.83. The highest BCUT2D eigenvalue weighted by Gasteiger charge is 2.37. The Labute approximate surface area is 112 Å². The molecule has 1 aromatic carbocycles. The number of benzene rings is 1. The number of aliphatic hydroxyl groups is 1. The van der Waals surface area contributed by atoms with Gasteiger partial charge in [-0.2, -0.15) is 13.2 Å². The number of nitrogens with one attached hydrogen (secondary N) is 1. The summed E-state index contributed by atoms with van der Waals surface area (Å²) in [6, 6.07) is 2.51. The highest BCUT2D eigenvalue weighted by Crippen LogP contribution is 2.38. The van der Waals surface area contributed by atoms with Gasteiger partial charge in [-0.3, -0.25) is 10.1 Å². The first-order valence-electron chi connectivity index (χ1n) is 6.03. The van der Waals surface area contributed by atoms with Crippen molar-refractivity contribution in [1.82, 2.24) is 0 Å². The molecule has 1 saturated carbocycles. The summed E-state index contributed by atoms with van der Waals surface area (Å²) < 4.78 is 38.6. The molecule has 2 rings (SSSR count). The molecule has 0 aromatic heterocycles. The Morgan fingerprint density at radius 3 is 2.50 bits per heavy atom. The van der Waals surface area contributed by atoms with E-state index in [1.165, 1.54) is 0 Å². The minimum atomic E-state index is -4.70. The van der Waals surface area contributed by atoms with Gasteiger partial charge in [-0.25, -0.2) is 0 Å². The van der Waals surface area contributed by atoms with E-state index in [2.05, 4.69) is 5.32 Å². The lowest BCUT2D eigenvalue weighted by Crippen LogP contribution is -2.43. The van der Waals surface area contributed by atoms with E-state index < -0.39 is 28.0 Å². The lowest BCUT2D eigenvalue weighted by molar-refractivity contribution is -0.385. The Kier molecular flexibility index (Phi) is 3.59. The van der Waals surface area contributed by atoms with Gasteiger partial charge in [0.15, 0.2) is 0 Å². The van der Waals surface area contributed by atoms with Crippen LogP contribution in [0.15, 0.2) is 18.2 Å². The Morgan fingerprint density at radius 2 is 2.05 bits per heavy atom. The summed E-state index contributed by atoms with van der Waals surface area (Å²) in [5, 5.41) is 22.9. The molecule has 0 spiro atoms. The van der Waals surface area contributed by atoms with Gasteiger partial charge in [0.05, 0.1) is 16.1 Å². The lowest BCUT2D eigenvalue weighted by Gasteiger charge is -2.37. The van der Waals surface area contributed by atoms with Crippen LogP contribution in [0.1, 0.15) is 24.8 Å². The number of nitrogens with zero attached hydrogens (tertiary/aromatic N) is 1. The molecule has 0 unspecified atom stereocenters. The second kappa shape index (κ2) is 4.93. The van der Waals surface area contributed by atoms with E-state index >= 15 is 0 Å². The van der Waals surface area contributed by atoms with Gasteiger partial charge in [0, 0.05) is 24.4 Å². The lowest BCUT2D eigenvalue weighted by atomic mass is 9.80. The fourth-order valence-corrected chi connectivity index (χ4v) is 2.06. The molecule has 0 atom stereocenters. The van der Waals surface area contributed by atoms with E-state index in [-0.39, 0.29) is 12.2 Å². The molecule has 1 aromatic rings. The van der Waals surface area contributed by atoms with Crippen molar-refractivity contribution < 1.29 is 23.2 Å². The summed E-state index contributed by atoms with van der Waals surface area (Å²) in [6.45, 7) is -0.00606. The van der Waals surface area contributed by atoms with Gasteiger partial charge < -0.3 is 10.4 Å². The smallest absolute Gasteiger partial charge is 0.388 e. The van der Waals surface area contributed by atoms with Gasteiger partial charge in [-0.05, 0) is 25.3 Å². The van der Waals surface area contributed by atoms with Gasteiger partial charge >= 0.3 is 6.18 Å². The van der Waals surface area contributed by atoms with Crippen LogP contribution >= 0.6 is 0 Å². The minimum absolute atomic E-state index is 0.00606. The number of nitro groups is 1. The third-order valence-electron chi connectivity index (χ3n) is 3.41. The molecule has 0 radical (unpaired) electrons. The molecule has 8 heteroatoms. The number of hydrogen-bond acceptors (Lipinski definition) is 4. The first-order chi connectivity index (χ1) is 9.21. The quantitative estimate of drug-likeness (QED) is 0.660. The molecule has 5 nitrogen and oxygen atoms in total. The molecule has 1 fully saturated rings. The van der Waals surface area contributed by atoms with Crippen molar-refractivity contribution in [2.24, 2.45) is 0 Å². The number of nitro benzene ring substituents is 1. The van der Waals surface area contributed by atoms with Crippen molar-refractivity contribution >= 4 is 11.4 Å². The normalized spacial score (nSPS) is 17.4. The van der Waals surface area contributed by atoms with Gasteiger partial charge in [-0.15, -0.1) is 0 Å². The monoisotopic (exact) mass is 290 g/mol. The zero-order chi connectivity index (χ0) is 15.0. The second-order valence-corrected chi connectivity index (χ2v) is 4.92. The predicted molar refractivity (Wildman–Crippen MR) is 65.4 cm³/mol. The maximum Gasteiger partial charge on any atom is 0.418 e. The van der Waals surface area contributed by atoms with Crippen molar-refractivity contribution in [2.45, 2.75) is 31.0 Å². The van der Waals surface area contributed by atoms with Crippen LogP contribution in [0.2, 0.25) is 0 Å². The van der Waals surface area contributed by atoms with Gasteiger partial charge in [0.25, 0.3) is 5.69 Å². The molecule has 0 bridgehead atoms. The molecule has 110 valence electrons. The highest BCUT2D eigenvalue weighted by molar-refractivity contribution is 5.57. The van der Waals surface area contributed by atoms with Gasteiger partial charge in [-0.1, -0.05) is 0 Å². The van der Waals surface area contributed by atoms with Crippen molar-refractivity contribution in [3.05, 3.63) is 33.9 Å². The van der Waals surface area contributed by atoms with Crippen LogP contribution < -0.4 is 5.32 Å². The Morgan fingerprint density at radius 1 is 1.40 bits per heavy atom. The van der Waals surface area contributed by atoms with E-state index in [1.807, 2.05) is 0 Å². The molecular formula is C12H13F3N2O3. The van der Waals surface area contributed by atoms with Gasteiger partial charge in [0.1, 0.15) is 0 Å². The molecule has 1 aliphatic rings. The zero-order valence-corrected chi connectivity index (χ0v) is 10.4. The van der Waals surface area contributed by atoms with Crippen LogP contribution in [-0.2, 0) is 6.18 Å². The molecule has 1 aliphatic carbocycles. The summed E-state index contributed by atoms with van der Waals surface area (Å²) in [6.07, 6.45) is -2.79. The van der Waals surface area contributed by atoms with Crippen molar-refractivity contribution in [3.8, 4) is 0 Å². The average molecular weight is 290 g/mol. The molecule has 20 heavy (non-hydrogen) atoms. The summed E-state index contributed by atoms with van der Waals surface area (Å²) in [4.78, 5) is 9.67. The summed E-state index contributed by atoms with van der Waals surface area (Å²) in [5.74, 6) is 0. The van der Waals surface area contributed by atoms with Crippen LogP contribution in [0.25, 0.3) is 0 Å². The van der Waals surface area contributed by atoms with Gasteiger partial charge in [0.2, 0.25) is 0 Å². The summed E-state index contributed by atoms with van der Waals surface area (Å²) >= 11 is 0. The van der Waals surface area contributed by atoms with Crippen molar-refractivity contribution in [1.29, 1.82) is 0 Å². The second-order valence-electron chi connectivity index (χ2n) is 4.92. The Balaban J connectivity index is 2.24. The maximum absolute atomic E-state index is 12.9. The molecular weight excluding hydrogens is 277 g/mol. The van der Waals surface area contributed by atoms with E-state index in [1.54, 1.807) is 0 Å². The summed E-state index contributed by atoms with van der Waals surface area (Å²) in [7, 11) is 0. The topological polar surface area (TPSA) is 75.4 Å². The van der Waals surface area contributed by atoms with Crippen molar-refractivity contribution in [3.63, 3.8) is 0 Å². The molecule has 0 aliphatic heterocycles. The number of halogens is 3. The highest BCUT2D eigenvalue weighted by atomic mass is 19.4. The minimum Gasteiger partial charge on any atom is -0.388 e. The van der Waals surface area contributed by atoms with E-state index in [9.17, 15) is 28.4 Å². The van der Waals surface area contributed by atoms with Crippen LogP contribution in [0.4, 0.5) is 24.5 Å². The Bertz CT molecular complexity index is 527. The molecule has 2 N–H and O–H groups in total. The van der Waals surface area contributed by atoms with Crippen LogP contribution in [0.5, 0.6) is 0 Å².